The molecule has 8 heteroatoms. The molecule has 0 radical (unpaired) electrons. The van der Waals surface area contributed by atoms with E-state index in [0.717, 1.165) is 30.8 Å². The topological polar surface area (TPSA) is 88.5 Å². The number of hydrogen-bond donors (Lipinski definition) is 1. The number of rotatable bonds is 5. The third-order valence-corrected chi connectivity index (χ3v) is 7.39. The molecule has 0 saturated carbocycles. The maximum atomic E-state index is 12.9. The zero-order valence-corrected chi connectivity index (χ0v) is 17.1. The van der Waals surface area contributed by atoms with Crippen molar-refractivity contribution in [3.63, 3.8) is 0 Å². The second kappa shape index (κ2) is 7.75. The first-order valence-corrected chi connectivity index (χ1v) is 11.4. The third kappa shape index (κ3) is 4.60. The molecule has 1 aromatic heterocycles. The van der Waals surface area contributed by atoms with Crippen LogP contribution in [0.5, 0.6) is 0 Å². The van der Waals surface area contributed by atoms with E-state index >= 15 is 0 Å². The summed E-state index contributed by atoms with van der Waals surface area (Å²) in [6.45, 7) is 7.21. The summed E-state index contributed by atoms with van der Waals surface area (Å²) in [5, 5.41) is 2.94. The molecule has 0 aliphatic carbocycles. The van der Waals surface area contributed by atoms with Crippen LogP contribution >= 0.6 is 0 Å². The van der Waals surface area contributed by atoms with Gasteiger partial charge in [-0.1, -0.05) is 0 Å². The van der Waals surface area contributed by atoms with Crippen LogP contribution in [0.4, 0.5) is 0 Å². The fourth-order valence-corrected chi connectivity index (χ4v) is 6.19. The number of sulfone groups is 1. The first-order chi connectivity index (χ1) is 12.7. The van der Waals surface area contributed by atoms with Crippen LogP contribution < -0.4 is 5.32 Å². The Morgan fingerprint density at radius 2 is 2.00 bits per heavy atom. The number of carbonyl (C=O) groups excluding carboxylic acids is 2. The highest BCUT2D eigenvalue weighted by atomic mass is 32.2. The Labute approximate surface area is 161 Å². The van der Waals surface area contributed by atoms with Crippen LogP contribution in [-0.4, -0.2) is 66.8 Å². The second-order valence-electron chi connectivity index (χ2n) is 7.91. The highest BCUT2D eigenvalue weighted by Gasteiger charge is 2.32. The molecule has 1 amide bonds. The monoisotopic (exact) mass is 395 g/mol. The Morgan fingerprint density at radius 1 is 1.26 bits per heavy atom. The number of carbonyl (C=O) groups is 2. The van der Waals surface area contributed by atoms with Crippen LogP contribution in [0.1, 0.15) is 54.0 Å². The molecule has 2 atom stereocenters. The third-order valence-electron chi connectivity index (χ3n) is 5.64. The first kappa shape index (κ1) is 20.1. The average molecular weight is 396 g/mol. The van der Waals surface area contributed by atoms with Crippen LogP contribution in [0.3, 0.4) is 0 Å². The van der Waals surface area contributed by atoms with Gasteiger partial charge in [-0.2, -0.15) is 0 Å². The summed E-state index contributed by atoms with van der Waals surface area (Å²) in [6.07, 6.45) is 2.50. The smallest absolute Gasteiger partial charge is 0.217 e. The molecule has 0 aromatic carbocycles. The van der Waals surface area contributed by atoms with E-state index in [2.05, 4.69) is 10.2 Å². The molecule has 2 fully saturated rings. The molecule has 1 N–H and O–H groups in total. The Hall–Kier alpha value is -1.67. The van der Waals surface area contributed by atoms with Crippen LogP contribution in [0.25, 0.3) is 0 Å². The summed E-state index contributed by atoms with van der Waals surface area (Å²) < 4.78 is 25.7. The molecule has 1 aromatic rings. The number of piperidine rings is 1. The Morgan fingerprint density at radius 3 is 2.63 bits per heavy atom. The van der Waals surface area contributed by atoms with Gasteiger partial charge in [-0.05, 0) is 45.7 Å². The van der Waals surface area contributed by atoms with Crippen molar-refractivity contribution >= 4 is 21.5 Å². The fourth-order valence-electron chi connectivity index (χ4n) is 4.49. The van der Waals surface area contributed by atoms with Crippen molar-refractivity contribution in [2.45, 2.75) is 52.1 Å². The van der Waals surface area contributed by atoms with Gasteiger partial charge in [0, 0.05) is 42.5 Å². The Kier molecular flexibility index (Phi) is 5.76. The van der Waals surface area contributed by atoms with Gasteiger partial charge in [0.25, 0.3) is 0 Å². The normalized spacial score (nSPS) is 25.4. The number of aromatic nitrogens is 1. The maximum Gasteiger partial charge on any atom is 0.217 e. The van der Waals surface area contributed by atoms with Gasteiger partial charge >= 0.3 is 0 Å². The molecule has 27 heavy (non-hydrogen) atoms. The van der Waals surface area contributed by atoms with E-state index in [9.17, 15) is 18.0 Å². The predicted molar refractivity (Wildman–Crippen MR) is 104 cm³/mol. The van der Waals surface area contributed by atoms with E-state index in [-0.39, 0.29) is 35.3 Å². The molecule has 7 nitrogen and oxygen atoms in total. The van der Waals surface area contributed by atoms with Gasteiger partial charge in [-0.15, -0.1) is 0 Å². The number of nitrogens with zero attached hydrogens (tertiary/aromatic N) is 2. The number of Topliss-reactive ketones (excluding diaryl/α,β-unsaturated/α-hetero) is 1. The second-order valence-corrected chi connectivity index (χ2v) is 10.1. The minimum atomic E-state index is -2.98. The highest BCUT2D eigenvalue weighted by Crippen LogP contribution is 2.29. The minimum absolute atomic E-state index is 0.0387. The van der Waals surface area contributed by atoms with Gasteiger partial charge in [0.2, 0.25) is 5.91 Å². The summed E-state index contributed by atoms with van der Waals surface area (Å²) in [6, 6.07) is 1.91. The molecular formula is C19H29N3O4S. The number of ketones is 1. The van der Waals surface area contributed by atoms with Gasteiger partial charge in [0.1, 0.15) is 0 Å². The van der Waals surface area contributed by atoms with Crippen molar-refractivity contribution in [2.24, 2.45) is 0 Å². The van der Waals surface area contributed by atoms with Gasteiger partial charge in [-0.3, -0.25) is 14.5 Å². The molecule has 150 valence electrons. The van der Waals surface area contributed by atoms with Gasteiger partial charge < -0.3 is 9.88 Å². The fraction of sp³-hybridized carbons (Fsp3) is 0.684. The van der Waals surface area contributed by atoms with Gasteiger partial charge in [0.15, 0.2) is 15.6 Å². The van der Waals surface area contributed by atoms with Crippen molar-refractivity contribution in [3.05, 3.63) is 23.0 Å². The molecule has 2 aliphatic rings. The van der Waals surface area contributed by atoms with Crippen molar-refractivity contribution < 1.29 is 18.0 Å². The van der Waals surface area contributed by atoms with Gasteiger partial charge in [0.05, 0.1) is 18.1 Å². The molecule has 3 heterocycles. The molecule has 3 rings (SSSR count). The predicted octanol–water partition coefficient (Wildman–Crippen LogP) is 1.25. The van der Waals surface area contributed by atoms with E-state index in [0.29, 0.717) is 25.1 Å². The van der Waals surface area contributed by atoms with E-state index in [1.54, 1.807) is 0 Å². The number of nitrogens with one attached hydrogen (secondary N) is 1. The SMILES string of the molecule is CC(=O)NC1CCCN(CC(=O)c2cc(C)n(C3CCS(=O)(=O)C3)c2C)C1. The zero-order valence-electron chi connectivity index (χ0n) is 16.3. The molecule has 2 aliphatic heterocycles. The van der Waals surface area contributed by atoms with Crippen LogP contribution in [0, 0.1) is 13.8 Å². The average Bonchev–Trinajstić information content (AvgIpc) is 3.05. The zero-order chi connectivity index (χ0) is 19.8. The summed E-state index contributed by atoms with van der Waals surface area (Å²) in [5.41, 5.74) is 2.47. The van der Waals surface area contributed by atoms with Crippen LogP contribution in [0.15, 0.2) is 6.07 Å². The van der Waals surface area contributed by atoms with Crippen molar-refractivity contribution in [2.75, 3.05) is 31.1 Å². The standard InChI is InChI=1S/C19H29N3O4S/c1-13-9-18(14(2)22(13)17-6-8-27(25,26)12-17)19(24)11-21-7-4-5-16(10-21)20-15(3)23/h9,16-17H,4-8,10-12H2,1-3H3,(H,20,23). The number of likely N-dealkylation sites (tertiary alicyclic amines) is 1. The molecule has 2 unspecified atom stereocenters. The van der Waals surface area contributed by atoms with E-state index < -0.39 is 9.84 Å². The lowest BCUT2D eigenvalue weighted by molar-refractivity contribution is -0.120. The summed E-state index contributed by atoms with van der Waals surface area (Å²) in [4.78, 5) is 26.3. The lowest BCUT2D eigenvalue weighted by Crippen LogP contribution is -2.48. The first-order valence-electron chi connectivity index (χ1n) is 9.58. The Balaban J connectivity index is 1.70. The van der Waals surface area contributed by atoms with Gasteiger partial charge in [-0.25, -0.2) is 8.42 Å². The number of hydrogen-bond acceptors (Lipinski definition) is 5. The van der Waals surface area contributed by atoms with Crippen molar-refractivity contribution in [3.8, 4) is 0 Å². The quantitative estimate of drug-likeness (QED) is 0.758. The minimum Gasteiger partial charge on any atom is -0.352 e. The Bertz CT molecular complexity index is 843. The number of aryl methyl sites for hydroxylation is 1. The van der Waals surface area contributed by atoms with E-state index in [4.69, 9.17) is 0 Å². The van der Waals surface area contributed by atoms with Crippen molar-refractivity contribution in [1.82, 2.24) is 14.8 Å². The van der Waals surface area contributed by atoms with Crippen molar-refractivity contribution in [1.29, 1.82) is 0 Å². The molecular weight excluding hydrogens is 366 g/mol. The summed E-state index contributed by atoms with van der Waals surface area (Å²) in [5.74, 6) is 0.389. The van der Waals surface area contributed by atoms with E-state index in [1.807, 2.05) is 24.5 Å². The molecule has 2 saturated heterocycles. The van der Waals surface area contributed by atoms with Crippen LogP contribution in [-0.2, 0) is 14.6 Å². The summed E-state index contributed by atoms with van der Waals surface area (Å²) >= 11 is 0. The summed E-state index contributed by atoms with van der Waals surface area (Å²) in [7, 11) is -2.98. The lowest BCUT2D eigenvalue weighted by atomic mass is 10.0. The highest BCUT2D eigenvalue weighted by molar-refractivity contribution is 7.91. The molecule has 0 spiro atoms. The maximum absolute atomic E-state index is 12.9. The largest absolute Gasteiger partial charge is 0.352 e. The lowest BCUT2D eigenvalue weighted by Gasteiger charge is -2.32. The number of amides is 1. The van der Waals surface area contributed by atoms with E-state index in [1.165, 1.54) is 6.92 Å². The molecule has 0 bridgehead atoms. The van der Waals surface area contributed by atoms with Crippen LogP contribution in [0.2, 0.25) is 0 Å².